The lowest BCUT2D eigenvalue weighted by Crippen LogP contribution is -2.44. The van der Waals surface area contributed by atoms with E-state index >= 15 is 0 Å². The molecule has 2 rings (SSSR count). The minimum Gasteiger partial charge on any atom is -0.494 e. The summed E-state index contributed by atoms with van der Waals surface area (Å²) >= 11 is 0. The van der Waals surface area contributed by atoms with Crippen molar-refractivity contribution in [2.24, 2.45) is 0 Å². The van der Waals surface area contributed by atoms with Crippen LogP contribution in [0.1, 0.15) is 19.4 Å². The number of carbonyl (C=O) groups is 1. The van der Waals surface area contributed by atoms with E-state index in [2.05, 4.69) is 15.0 Å². The van der Waals surface area contributed by atoms with Gasteiger partial charge in [0.2, 0.25) is 15.9 Å². The fraction of sp³-hybridized carbons (Fsp3) is 0.294. The number of hydrogen-bond acceptors (Lipinski definition) is 5. The van der Waals surface area contributed by atoms with Gasteiger partial charge in [-0.15, -0.1) is 0 Å². The molecular weight excluding hydrogens is 342 g/mol. The molecule has 0 saturated heterocycles. The lowest BCUT2D eigenvalue weighted by Gasteiger charge is -2.15. The molecule has 0 spiro atoms. The van der Waals surface area contributed by atoms with Gasteiger partial charge in [0.05, 0.1) is 17.5 Å². The fourth-order valence-electron chi connectivity index (χ4n) is 2.08. The zero-order chi connectivity index (χ0) is 18.3. The minimum atomic E-state index is -3.80. The molecule has 7 nitrogen and oxygen atoms in total. The van der Waals surface area contributed by atoms with Crippen molar-refractivity contribution in [3.05, 3.63) is 54.4 Å². The summed E-state index contributed by atoms with van der Waals surface area (Å²) in [7, 11) is -3.80. The van der Waals surface area contributed by atoms with Crippen molar-refractivity contribution >= 4 is 15.9 Å². The molecule has 1 heterocycles. The highest BCUT2D eigenvalue weighted by molar-refractivity contribution is 7.89. The molecule has 0 radical (unpaired) electrons. The zero-order valence-electron chi connectivity index (χ0n) is 14.1. The van der Waals surface area contributed by atoms with E-state index in [1.54, 1.807) is 36.7 Å². The van der Waals surface area contributed by atoms with Gasteiger partial charge in [-0.2, -0.15) is 4.72 Å². The van der Waals surface area contributed by atoms with Crippen molar-refractivity contribution in [1.82, 2.24) is 15.0 Å². The Bertz CT molecular complexity index is 792. The van der Waals surface area contributed by atoms with Crippen LogP contribution in [-0.4, -0.2) is 32.0 Å². The third-order valence-corrected chi connectivity index (χ3v) is 4.94. The quantitative estimate of drug-likeness (QED) is 0.740. The summed E-state index contributed by atoms with van der Waals surface area (Å²) in [6.07, 6.45) is 3.25. The second-order valence-corrected chi connectivity index (χ2v) is 7.03. The van der Waals surface area contributed by atoms with Gasteiger partial charge in [-0.3, -0.25) is 9.78 Å². The number of amides is 1. The third kappa shape index (κ3) is 5.54. The third-order valence-electron chi connectivity index (χ3n) is 3.39. The standard InChI is InChI=1S/C17H21N3O4S/c1-3-24-15-4-6-16(7-5-15)25(22,23)20-13(2)17(21)19-12-14-8-10-18-11-9-14/h4-11,13,20H,3,12H2,1-2H3,(H,19,21)/t13-/m1/s1. The van der Waals surface area contributed by atoms with E-state index in [4.69, 9.17) is 4.74 Å². The largest absolute Gasteiger partial charge is 0.494 e. The maximum absolute atomic E-state index is 12.4. The number of benzene rings is 1. The van der Waals surface area contributed by atoms with Gasteiger partial charge in [-0.1, -0.05) is 0 Å². The molecule has 1 amide bonds. The summed E-state index contributed by atoms with van der Waals surface area (Å²) in [6.45, 7) is 4.14. The van der Waals surface area contributed by atoms with Crippen LogP contribution in [0.5, 0.6) is 5.75 Å². The maximum Gasteiger partial charge on any atom is 0.241 e. The number of rotatable bonds is 8. The van der Waals surface area contributed by atoms with Crippen molar-refractivity contribution in [2.45, 2.75) is 31.3 Å². The Balaban J connectivity index is 1.95. The summed E-state index contributed by atoms with van der Waals surface area (Å²) < 4.78 is 32.4. The van der Waals surface area contributed by atoms with Gasteiger partial charge in [0.25, 0.3) is 0 Å². The molecule has 0 unspecified atom stereocenters. The van der Waals surface area contributed by atoms with Crippen LogP contribution in [0.3, 0.4) is 0 Å². The number of nitrogens with zero attached hydrogens (tertiary/aromatic N) is 1. The van der Waals surface area contributed by atoms with Gasteiger partial charge >= 0.3 is 0 Å². The van der Waals surface area contributed by atoms with Gasteiger partial charge in [-0.05, 0) is 55.8 Å². The molecule has 0 bridgehead atoms. The second-order valence-electron chi connectivity index (χ2n) is 5.32. The molecule has 8 heteroatoms. The minimum absolute atomic E-state index is 0.0738. The number of carbonyl (C=O) groups excluding carboxylic acids is 1. The van der Waals surface area contributed by atoms with Crippen molar-refractivity contribution in [2.75, 3.05) is 6.61 Å². The number of hydrogen-bond donors (Lipinski definition) is 2. The average molecular weight is 363 g/mol. The predicted octanol–water partition coefficient (Wildman–Crippen LogP) is 1.46. The predicted molar refractivity (Wildman–Crippen MR) is 93.5 cm³/mol. The van der Waals surface area contributed by atoms with Crippen molar-refractivity contribution in [3.8, 4) is 5.75 Å². The molecule has 0 fully saturated rings. The van der Waals surface area contributed by atoms with E-state index in [-0.39, 0.29) is 4.90 Å². The Hall–Kier alpha value is -2.45. The first kappa shape index (κ1) is 18.9. The number of pyridine rings is 1. The Kier molecular flexibility index (Phi) is 6.49. The van der Waals surface area contributed by atoms with E-state index in [9.17, 15) is 13.2 Å². The highest BCUT2D eigenvalue weighted by atomic mass is 32.2. The molecule has 1 atom stereocenters. The molecule has 0 aliphatic carbocycles. The Labute approximate surface area is 147 Å². The lowest BCUT2D eigenvalue weighted by molar-refractivity contribution is -0.122. The van der Waals surface area contributed by atoms with Crippen LogP contribution >= 0.6 is 0 Å². The topological polar surface area (TPSA) is 97.4 Å². The fourth-order valence-corrected chi connectivity index (χ4v) is 3.28. The molecule has 1 aromatic carbocycles. The monoisotopic (exact) mass is 363 g/mol. The molecule has 25 heavy (non-hydrogen) atoms. The number of nitrogens with one attached hydrogen (secondary N) is 2. The Morgan fingerprint density at radius 3 is 2.40 bits per heavy atom. The molecule has 0 aliphatic rings. The van der Waals surface area contributed by atoms with Gasteiger partial charge < -0.3 is 10.1 Å². The summed E-state index contributed by atoms with van der Waals surface area (Å²) in [5.74, 6) is 0.177. The second kappa shape index (κ2) is 8.59. The molecule has 134 valence electrons. The maximum atomic E-state index is 12.4. The highest BCUT2D eigenvalue weighted by Crippen LogP contribution is 2.16. The summed E-state index contributed by atoms with van der Waals surface area (Å²) in [6, 6.07) is 8.67. The molecule has 1 aromatic heterocycles. The molecule has 0 aliphatic heterocycles. The van der Waals surface area contributed by atoms with Gasteiger partial charge in [0, 0.05) is 18.9 Å². The van der Waals surface area contributed by atoms with E-state index in [0.29, 0.717) is 18.9 Å². The number of sulfonamides is 1. The zero-order valence-corrected chi connectivity index (χ0v) is 14.9. The summed E-state index contributed by atoms with van der Waals surface area (Å²) in [4.78, 5) is 16.1. The van der Waals surface area contributed by atoms with Crippen LogP contribution < -0.4 is 14.8 Å². The first-order chi connectivity index (χ1) is 11.9. The van der Waals surface area contributed by atoms with E-state index < -0.39 is 22.0 Å². The molecule has 0 saturated carbocycles. The number of aromatic nitrogens is 1. The summed E-state index contributed by atoms with van der Waals surface area (Å²) in [5.41, 5.74) is 0.880. The van der Waals surface area contributed by atoms with E-state index in [0.717, 1.165) is 5.56 Å². The summed E-state index contributed by atoms with van der Waals surface area (Å²) in [5, 5.41) is 2.68. The molecule has 2 aromatic rings. The van der Waals surface area contributed by atoms with Crippen LogP contribution in [-0.2, 0) is 21.4 Å². The van der Waals surface area contributed by atoms with Gasteiger partial charge in [0.1, 0.15) is 5.75 Å². The SMILES string of the molecule is CCOc1ccc(S(=O)(=O)N[C@H](C)C(=O)NCc2ccncc2)cc1. The molecular formula is C17H21N3O4S. The average Bonchev–Trinajstić information content (AvgIpc) is 2.61. The van der Waals surface area contributed by atoms with Gasteiger partial charge in [0.15, 0.2) is 0 Å². The Morgan fingerprint density at radius 2 is 1.80 bits per heavy atom. The lowest BCUT2D eigenvalue weighted by atomic mass is 10.2. The smallest absolute Gasteiger partial charge is 0.241 e. The van der Waals surface area contributed by atoms with E-state index in [1.165, 1.54) is 19.1 Å². The van der Waals surface area contributed by atoms with Crippen LogP contribution in [0.2, 0.25) is 0 Å². The van der Waals surface area contributed by atoms with Crippen LogP contribution in [0, 0.1) is 0 Å². The van der Waals surface area contributed by atoms with Gasteiger partial charge in [-0.25, -0.2) is 8.42 Å². The normalized spacial score (nSPS) is 12.4. The number of ether oxygens (including phenoxy) is 1. The van der Waals surface area contributed by atoms with Crippen molar-refractivity contribution in [1.29, 1.82) is 0 Å². The highest BCUT2D eigenvalue weighted by Gasteiger charge is 2.21. The van der Waals surface area contributed by atoms with Crippen LogP contribution in [0.4, 0.5) is 0 Å². The van der Waals surface area contributed by atoms with Crippen LogP contribution in [0.15, 0.2) is 53.7 Å². The Morgan fingerprint density at radius 1 is 1.16 bits per heavy atom. The first-order valence-electron chi connectivity index (χ1n) is 7.84. The van der Waals surface area contributed by atoms with E-state index in [1.807, 2.05) is 6.92 Å². The first-order valence-corrected chi connectivity index (χ1v) is 9.32. The van der Waals surface area contributed by atoms with Crippen molar-refractivity contribution in [3.63, 3.8) is 0 Å². The van der Waals surface area contributed by atoms with Crippen molar-refractivity contribution < 1.29 is 17.9 Å². The van der Waals surface area contributed by atoms with Crippen LogP contribution in [0.25, 0.3) is 0 Å². The molecule has 2 N–H and O–H groups in total.